The number of aromatic nitrogens is 2. The topological polar surface area (TPSA) is 17.8 Å². The number of rotatable bonds is 1. The molecule has 0 aliphatic heterocycles. The van der Waals surface area contributed by atoms with Gasteiger partial charge in [-0.25, -0.2) is 4.68 Å². The number of allylic oxidation sites excluding steroid dienone is 1. The van der Waals surface area contributed by atoms with Crippen LogP contribution in [0.4, 0.5) is 13.2 Å². The first-order chi connectivity index (χ1) is 9.88. The average Bonchev–Trinajstić information content (AvgIpc) is 2.79. The summed E-state index contributed by atoms with van der Waals surface area (Å²) >= 11 is 0. The number of alkyl halides is 3. The first-order valence-electron chi connectivity index (χ1n) is 6.82. The van der Waals surface area contributed by atoms with Crippen molar-refractivity contribution in [1.82, 2.24) is 9.78 Å². The fourth-order valence-corrected chi connectivity index (χ4v) is 2.82. The Bertz CT molecular complexity index is 711. The van der Waals surface area contributed by atoms with Crippen LogP contribution >= 0.6 is 0 Å². The molecule has 1 aromatic carbocycles. The number of fused-ring (bicyclic) bond motifs is 1. The Morgan fingerprint density at radius 2 is 2.00 bits per heavy atom. The molecular formula is C16H15F3N2. The Morgan fingerprint density at radius 1 is 1.24 bits per heavy atom. The van der Waals surface area contributed by atoms with Crippen molar-refractivity contribution < 1.29 is 13.2 Å². The zero-order valence-electron chi connectivity index (χ0n) is 11.7. The first kappa shape index (κ1) is 13.9. The summed E-state index contributed by atoms with van der Waals surface area (Å²) in [5.41, 5.74) is 2.37. The normalized spacial score (nSPS) is 15.1. The largest absolute Gasteiger partial charge is 0.435 e. The minimum Gasteiger partial charge on any atom is -0.233 e. The van der Waals surface area contributed by atoms with E-state index in [0.29, 0.717) is 30.6 Å². The van der Waals surface area contributed by atoms with Crippen LogP contribution in [-0.4, -0.2) is 9.78 Å². The fraction of sp³-hybridized carbons (Fsp3) is 0.312. The van der Waals surface area contributed by atoms with Crippen molar-refractivity contribution in [3.05, 3.63) is 53.4 Å². The van der Waals surface area contributed by atoms with E-state index in [1.165, 1.54) is 4.68 Å². The number of benzene rings is 1. The fourth-order valence-electron chi connectivity index (χ4n) is 2.82. The van der Waals surface area contributed by atoms with E-state index in [9.17, 15) is 13.2 Å². The van der Waals surface area contributed by atoms with Gasteiger partial charge < -0.3 is 0 Å². The third kappa shape index (κ3) is 2.37. The Morgan fingerprint density at radius 3 is 2.67 bits per heavy atom. The van der Waals surface area contributed by atoms with Gasteiger partial charge in [-0.2, -0.15) is 18.3 Å². The van der Waals surface area contributed by atoms with Gasteiger partial charge in [0.1, 0.15) is 0 Å². The van der Waals surface area contributed by atoms with E-state index in [-0.39, 0.29) is 5.56 Å². The Kier molecular flexibility index (Phi) is 3.15. The van der Waals surface area contributed by atoms with Crippen LogP contribution in [0.1, 0.15) is 35.4 Å². The molecule has 0 N–H and O–H groups in total. The van der Waals surface area contributed by atoms with Crippen molar-refractivity contribution in [2.45, 2.75) is 32.4 Å². The summed E-state index contributed by atoms with van der Waals surface area (Å²) < 4.78 is 41.0. The second-order valence-electron chi connectivity index (χ2n) is 5.38. The Labute approximate surface area is 120 Å². The maximum absolute atomic E-state index is 13.2. The second-order valence-corrected chi connectivity index (χ2v) is 5.38. The predicted octanol–water partition coefficient (Wildman–Crippen LogP) is 4.55. The van der Waals surface area contributed by atoms with Gasteiger partial charge in [0, 0.05) is 5.56 Å². The molecule has 3 rings (SSSR count). The summed E-state index contributed by atoms with van der Waals surface area (Å²) in [5.74, 6) is 0. The minimum atomic E-state index is -4.43. The van der Waals surface area contributed by atoms with E-state index in [4.69, 9.17) is 0 Å². The van der Waals surface area contributed by atoms with Crippen molar-refractivity contribution >= 4 is 5.57 Å². The molecule has 1 heterocycles. The van der Waals surface area contributed by atoms with Crippen LogP contribution in [0, 0.1) is 6.92 Å². The highest BCUT2D eigenvalue weighted by atomic mass is 19.4. The van der Waals surface area contributed by atoms with Crippen molar-refractivity contribution in [2.24, 2.45) is 0 Å². The lowest BCUT2D eigenvalue weighted by molar-refractivity contribution is -0.142. The summed E-state index contributed by atoms with van der Waals surface area (Å²) in [4.78, 5) is 0. The zero-order valence-corrected chi connectivity index (χ0v) is 11.7. The molecule has 0 fully saturated rings. The molecule has 0 saturated heterocycles. The second kappa shape index (κ2) is 4.76. The van der Waals surface area contributed by atoms with E-state index in [0.717, 1.165) is 11.1 Å². The Hall–Kier alpha value is -2.04. The van der Waals surface area contributed by atoms with Crippen molar-refractivity contribution in [2.75, 3.05) is 0 Å². The van der Waals surface area contributed by atoms with Gasteiger partial charge in [-0.05, 0) is 49.5 Å². The van der Waals surface area contributed by atoms with E-state index in [2.05, 4.69) is 11.7 Å². The van der Waals surface area contributed by atoms with E-state index in [1.807, 2.05) is 25.1 Å². The van der Waals surface area contributed by atoms with Gasteiger partial charge in [0.25, 0.3) is 0 Å². The maximum atomic E-state index is 13.2. The van der Waals surface area contributed by atoms with Crippen LogP contribution < -0.4 is 0 Å². The molecule has 1 aliphatic rings. The standard InChI is InChI=1S/C16H15F3N2/c1-10-5-3-7-12(9-10)21-14-11(2)6-4-8-13(14)15(20-21)16(17,18)19/h3,5,7,9H,2,4,6,8H2,1H3. The molecule has 1 aliphatic carbocycles. The number of nitrogens with zero attached hydrogens (tertiary/aromatic N) is 2. The van der Waals surface area contributed by atoms with E-state index in [1.54, 1.807) is 6.07 Å². The summed E-state index contributed by atoms with van der Waals surface area (Å²) in [6.45, 7) is 5.83. The van der Waals surface area contributed by atoms with Gasteiger partial charge in [0.05, 0.1) is 11.4 Å². The van der Waals surface area contributed by atoms with Crippen LogP contribution in [0.3, 0.4) is 0 Å². The third-order valence-electron chi connectivity index (χ3n) is 3.74. The molecule has 110 valence electrons. The molecule has 0 saturated carbocycles. The summed E-state index contributed by atoms with van der Waals surface area (Å²) in [6, 6.07) is 7.31. The van der Waals surface area contributed by atoms with Gasteiger partial charge in [-0.3, -0.25) is 0 Å². The summed E-state index contributed by atoms with van der Waals surface area (Å²) in [5, 5.41) is 3.86. The number of halogens is 3. The molecule has 0 spiro atoms. The third-order valence-corrected chi connectivity index (χ3v) is 3.74. The maximum Gasteiger partial charge on any atom is 0.435 e. The summed E-state index contributed by atoms with van der Waals surface area (Å²) in [7, 11) is 0. The van der Waals surface area contributed by atoms with Crippen molar-refractivity contribution in [3.63, 3.8) is 0 Å². The van der Waals surface area contributed by atoms with Gasteiger partial charge in [0.2, 0.25) is 0 Å². The molecule has 5 heteroatoms. The predicted molar refractivity (Wildman–Crippen MR) is 75.3 cm³/mol. The molecule has 0 bridgehead atoms. The highest BCUT2D eigenvalue weighted by Gasteiger charge is 2.40. The average molecular weight is 292 g/mol. The summed E-state index contributed by atoms with van der Waals surface area (Å²) in [6.07, 6.45) is -2.64. The van der Waals surface area contributed by atoms with Crippen LogP contribution in [0.25, 0.3) is 11.3 Å². The van der Waals surface area contributed by atoms with Crippen LogP contribution in [-0.2, 0) is 12.6 Å². The molecule has 2 aromatic rings. The van der Waals surface area contributed by atoms with Crippen LogP contribution in [0.2, 0.25) is 0 Å². The molecule has 2 nitrogen and oxygen atoms in total. The van der Waals surface area contributed by atoms with Crippen LogP contribution in [0.15, 0.2) is 30.8 Å². The Balaban J connectivity index is 2.26. The molecule has 0 radical (unpaired) electrons. The van der Waals surface area contributed by atoms with Crippen molar-refractivity contribution in [3.8, 4) is 5.69 Å². The molecule has 0 amide bonds. The van der Waals surface area contributed by atoms with Gasteiger partial charge in [0.15, 0.2) is 5.69 Å². The number of hydrogen-bond donors (Lipinski definition) is 0. The monoisotopic (exact) mass is 292 g/mol. The molecule has 0 atom stereocenters. The molecular weight excluding hydrogens is 277 g/mol. The van der Waals surface area contributed by atoms with Crippen molar-refractivity contribution in [1.29, 1.82) is 0 Å². The number of hydrogen-bond acceptors (Lipinski definition) is 1. The highest BCUT2D eigenvalue weighted by Crippen LogP contribution is 2.40. The lowest BCUT2D eigenvalue weighted by Gasteiger charge is -2.17. The van der Waals surface area contributed by atoms with Gasteiger partial charge in [-0.1, -0.05) is 18.7 Å². The SMILES string of the molecule is C=C1CCCc2c(C(F)(F)F)nn(-c3cccc(C)c3)c21. The molecule has 21 heavy (non-hydrogen) atoms. The van der Waals surface area contributed by atoms with Gasteiger partial charge >= 0.3 is 6.18 Å². The molecule has 0 unspecified atom stereocenters. The molecule has 1 aromatic heterocycles. The van der Waals surface area contributed by atoms with Gasteiger partial charge in [-0.15, -0.1) is 0 Å². The quantitative estimate of drug-likeness (QED) is 0.754. The number of aryl methyl sites for hydroxylation is 1. The lowest BCUT2D eigenvalue weighted by Crippen LogP contribution is -2.10. The zero-order chi connectivity index (χ0) is 15.2. The lowest BCUT2D eigenvalue weighted by atomic mass is 9.92. The smallest absolute Gasteiger partial charge is 0.233 e. The van der Waals surface area contributed by atoms with E-state index >= 15 is 0 Å². The first-order valence-corrected chi connectivity index (χ1v) is 6.82. The highest BCUT2D eigenvalue weighted by molar-refractivity contribution is 5.68. The minimum absolute atomic E-state index is 0.278. The van der Waals surface area contributed by atoms with Crippen LogP contribution in [0.5, 0.6) is 0 Å². The van der Waals surface area contributed by atoms with E-state index < -0.39 is 11.9 Å².